The van der Waals surface area contributed by atoms with Gasteiger partial charge >= 0.3 is 0 Å². The molecule has 6 aliphatic rings. The fourth-order valence-electron chi connectivity index (χ4n) is 6.98. The third-order valence-electron chi connectivity index (χ3n) is 8.86. The highest BCUT2D eigenvalue weighted by Crippen LogP contribution is 2.55. The summed E-state index contributed by atoms with van der Waals surface area (Å²) in [5.41, 5.74) is -0.0224. The second-order valence-corrected chi connectivity index (χ2v) is 15.5. The van der Waals surface area contributed by atoms with E-state index in [1.165, 1.54) is 31.0 Å². The minimum atomic E-state index is -4.16. The van der Waals surface area contributed by atoms with Crippen molar-refractivity contribution in [3.05, 3.63) is 21.3 Å². The maximum Gasteiger partial charge on any atom is 0.283 e. The van der Waals surface area contributed by atoms with Crippen molar-refractivity contribution in [3.63, 3.8) is 0 Å². The molecule has 3 aliphatic carbocycles. The quantitative estimate of drug-likeness (QED) is 0.429. The highest BCUT2D eigenvalue weighted by Gasteiger charge is 2.57. The average Bonchev–Trinajstić information content (AvgIpc) is 3.47. The van der Waals surface area contributed by atoms with Crippen molar-refractivity contribution in [1.29, 1.82) is 0 Å². The second-order valence-electron chi connectivity index (χ2n) is 11.1. The van der Waals surface area contributed by atoms with Gasteiger partial charge in [0.2, 0.25) is 10.0 Å². The van der Waals surface area contributed by atoms with Gasteiger partial charge in [-0.2, -0.15) is 8.42 Å². The van der Waals surface area contributed by atoms with E-state index >= 15 is 0 Å². The van der Waals surface area contributed by atoms with Crippen molar-refractivity contribution in [2.45, 2.75) is 51.0 Å². The fourth-order valence-corrected chi connectivity index (χ4v) is 10.6. The van der Waals surface area contributed by atoms with E-state index in [0.29, 0.717) is 29.2 Å². The van der Waals surface area contributed by atoms with Crippen LogP contribution < -0.4 is 10.0 Å². The van der Waals surface area contributed by atoms with Gasteiger partial charge < -0.3 is 15.3 Å². The van der Waals surface area contributed by atoms with E-state index < -0.39 is 26.0 Å². The van der Waals surface area contributed by atoms with Gasteiger partial charge in [0.1, 0.15) is 16.2 Å². The van der Waals surface area contributed by atoms with Crippen LogP contribution in [0, 0.1) is 29.6 Å². The molecule has 0 radical (unpaired) electrons. The lowest BCUT2D eigenvalue weighted by atomic mass is 9.77. The molecular formula is C23H32N4O6S3. The molecule has 198 valence electrons. The Hall–Kier alpha value is -1.57. The summed E-state index contributed by atoms with van der Waals surface area (Å²) >= 11 is 1.26. The summed E-state index contributed by atoms with van der Waals surface area (Å²) in [6.45, 7) is 0.567. The van der Waals surface area contributed by atoms with Gasteiger partial charge in [0.05, 0.1) is 11.3 Å². The normalized spacial score (nSPS) is 35.5. The van der Waals surface area contributed by atoms with Gasteiger partial charge in [-0.3, -0.25) is 4.79 Å². The second kappa shape index (κ2) is 8.74. The van der Waals surface area contributed by atoms with Crippen molar-refractivity contribution in [1.82, 2.24) is 14.9 Å². The minimum absolute atomic E-state index is 0.0224. The molecule has 13 heteroatoms. The van der Waals surface area contributed by atoms with Crippen LogP contribution in [-0.4, -0.2) is 69.7 Å². The molecule has 0 aromatic rings. The van der Waals surface area contributed by atoms with E-state index in [4.69, 9.17) is 0 Å². The smallest absolute Gasteiger partial charge is 0.283 e. The summed E-state index contributed by atoms with van der Waals surface area (Å²) in [4.78, 5) is 15.8. The van der Waals surface area contributed by atoms with Crippen molar-refractivity contribution in [2.24, 2.45) is 34.0 Å². The molecule has 3 N–H and O–H groups in total. The predicted molar refractivity (Wildman–Crippen MR) is 137 cm³/mol. The molecule has 0 saturated heterocycles. The number of rotatable bonds is 7. The Morgan fingerprint density at radius 1 is 1.22 bits per heavy atom. The molecule has 2 bridgehead atoms. The van der Waals surface area contributed by atoms with Crippen LogP contribution in [0.5, 0.6) is 0 Å². The number of amides is 1. The number of sulfonamides is 2. The molecule has 3 fully saturated rings. The van der Waals surface area contributed by atoms with Gasteiger partial charge in [0, 0.05) is 36.7 Å². The van der Waals surface area contributed by atoms with Gasteiger partial charge in [0.25, 0.3) is 15.9 Å². The SMILES string of the molecule is CS(=O)(=O)NCC1CSC2=C1S(=O)(=O)N=C(C1=C(O)C3C([C@@H]4CC[C@H]3C4)N(CCC3CCC3)C1=O)N2. The van der Waals surface area contributed by atoms with Crippen molar-refractivity contribution in [2.75, 3.05) is 25.1 Å². The number of aliphatic hydroxyl groups is 1. The largest absolute Gasteiger partial charge is 0.511 e. The first-order valence-corrected chi connectivity index (χ1v) is 17.0. The maximum atomic E-state index is 13.8. The first-order chi connectivity index (χ1) is 17.0. The van der Waals surface area contributed by atoms with Crippen LogP contribution in [0.4, 0.5) is 0 Å². The van der Waals surface area contributed by atoms with Gasteiger partial charge in [-0.25, -0.2) is 13.1 Å². The molecule has 5 atom stereocenters. The van der Waals surface area contributed by atoms with E-state index in [2.05, 4.69) is 14.4 Å². The van der Waals surface area contributed by atoms with Crippen molar-refractivity contribution >= 4 is 43.6 Å². The predicted octanol–water partition coefficient (Wildman–Crippen LogP) is 1.66. The van der Waals surface area contributed by atoms with Crippen molar-refractivity contribution < 1.29 is 26.7 Å². The lowest BCUT2D eigenvalue weighted by Gasteiger charge is -2.44. The number of thioether (sulfide) groups is 1. The van der Waals surface area contributed by atoms with Crippen molar-refractivity contribution in [3.8, 4) is 0 Å². The minimum Gasteiger partial charge on any atom is -0.511 e. The number of carbonyl (C=O) groups excluding carboxylic acids is 1. The summed E-state index contributed by atoms with van der Waals surface area (Å²) in [5.74, 6) is 0.427. The number of nitrogens with zero attached hydrogens (tertiary/aromatic N) is 2. The number of amidine groups is 1. The third kappa shape index (κ3) is 4.10. The molecule has 1 amide bonds. The Labute approximate surface area is 216 Å². The summed E-state index contributed by atoms with van der Waals surface area (Å²) in [7, 11) is -7.64. The molecule has 3 saturated carbocycles. The monoisotopic (exact) mass is 556 g/mol. The summed E-state index contributed by atoms with van der Waals surface area (Å²) in [6, 6.07) is -0.0250. The Kier molecular flexibility index (Phi) is 6.01. The van der Waals surface area contributed by atoms with E-state index in [9.17, 15) is 26.7 Å². The van der Waals surface area contributed by atoms with E-state index in [1.54, 1.807) is 0 Å². The highest BCUT2D eigenvalue weighted by molar-refractivity contribution is 8.05. The Bertz CT molecular complexity index is 1300. The number of aliphatic hydroxyl groups excluding tert-OH is 1. The standard InChI is InChI=1S/C23H32N4O6S3/c1-35(30,31)24-10-15-11-34-22-20(15)36(32,33)26-21(25-22)17-19(28)16-13-5-6-14(9-13)18(16)27(23(17)29)8-7-12-3-2-4-12/h12-16,18,24,28H,2-11H2,1H3,(H,25,26)/t13-,14+,15?,16?,18?/m0/s1. The van der Waals surface area contributed by atoms with Crippen LogP contribution in [0.15, 0.2) is 25.7 Å². The molecular weight excluding hydrogens is 524 g/mol. The van der Waals surface area contributed by atoms with E-state index in [-0.39, 0.29) is 52.4 Å². The average molecular weight is 557 g/mol. The maximum absolute atomic E-state index is 13.8. The number of hydrogen-bond acceptors (Lipinski definition) is 8. The first-order valence-electron chi connectivity index (χ1n) is 12.7. The Morgan fingerprint density at radius 2 is 1.97 bits per heavy atom. The third-order valence-corrected chi connectivity index (χ3v) is 12.4. The molecule has 0 aromatic carbocycles. The van der Waals surface area contributed by atoms with Gasteiger partial charge in [-0.15, -0.1) is 16.2 Å². The summed E-state index contributed by atoms with van der Waals surface area (Å²) in [6.07, 6.45) is 8.61. The number of nitrogens with one attached hydrogen (secondary N) is 2. The van der Waals surface area contributed by atoms with Crippen LogP contribution in [-0.2, 0) is 24.8 Å². The Balaban J connectivity index is 1.32. The molecule has 10 nitrogen and oxygen atoms in total. The number of hydrogen-bond donors (Lipinski definition) is 3. The van der Waals surface area contributed by atoms with Crippen LogP contribution in [0.1, 0.15) is 44.9 Å². The highest BCUT2D eigenvalue weighted by atomic mass is 32.2. The van der Waals surface area contributed by atoms with Crippen LogP contribution >= 0.6 is 11.8 Å². The molecule has 3 unspecified atom stereocenters. The molecule has 3 aliphatic heterocycles. The zero-order valence-electron chi connectivity index (χ0n) is 20.1. The van der Waals surface area contributed by atoms with Gasteiger partial charge in [0.15, 0.2) is 5.84 Å². The molecule has 6 rings (SSSR count). The lowest BCUT2D eigenvalue weighted by Crippen LogP contribution is -2.55. The number of carbonyl (C=O) groups is 1. The van der Waals surface area contributed by atoms with Gasteiger partial charge in [-0.1, -0.05) is 19.3 Å². The molecule has 0 spiro atoms. The lowest BCUT2D eigenvalue weighted by molar-refractivity contribution is -0.133. The Morgan fingerprint density at radius 3 is 2.67 bits per heavy atom. The molecule has 0 aromatic heterocycles. The van der Waals surface area contributed by atoms with E-state index in [1.807, 2.05) is 4.90 Å². The van der Waals surface area contributed by atoms with Gasteiger partial charge in [-0.05, 0) is 43.4 Å². The van der Waals surface area contributed by atoms with E-state index in [0.717, 1.165) is 31.9 Å². The van der Waals surface area contributed by atoms with Crippen LogP contribution in [0.2, 0.25) is 0 Å². The fraction of sp³-hybridized carbons (Fsp3) is 0.739. The zero-order chi connectivity index (χ0) is 25.4. The topological polar surface area (TPSA) is 145 Å². The summed E-state index contributed by atoms with van der Waals surface area (Å²) < 4.78 is 55.9. The molecule has 36 heavy (non-hydrogen) atoms. The zero-order valence-corrected chi connectivity index (χ0v) is 22.6. The van der Waals surface area contributed by atoms with Crippen LogP contribution in [0.25, 0.3) is 0 Å². The van der Waals surface area contributed by atoms with Crippen LogP contribution in [0.3, 0.4) is 0 Å². The number of fused-ring (bicyclic) bond motifs is 5. The summed E-state index contributed by atoms with van der Waals surface area (Å²) in [5, 5.41) is 14.8. The molecule has 3 heterocycles. The first kappa shape index (κ1) is 24.7.